The topological polar surface area (TPSA) is 59.3 Å². The molecule has 0 saturated heterocycles. The maximum atomic E-state index is 11.9. The number of rotatable bonds is 4. The predicted octanol–water partition coefficient (Wildman–Crippen LogP) is 2.27. The minimum Gasteiger partial charge on any atom is -0.350 e. The summed E-state index contributed by atoms with van der Waals surface area (Å²) in [6.07, 6.45) is 4.08. The van der Waals surface area contributed by atoms with Gasteiger partial charge in [-0.2, -0.15) is 0 Å². The van der Waals surface area contributed by atoms with E-state index in [0.717, 1.165) is 27.6 Å². The largest absolute Gasteiger partial charge is 0.350 e. The lowest BCUT2D eigenvalue weighted by atomic mass is 10.3. The fraction of sp³-hybridized carbons (Fsp3) is 0.267. The Bertz CT molecular complexity index is 790. The molecule has 1 amide bonds. The molecule has 0 aliphatic rings. The van der Waals surface area contributed by atoms with E-state index in [1.165, 1.54) is 0 Å². The van der Waals surface area contributed by atoms with Crippen molar-refractivity contribution in [1.82, 2.24) is 19.7 Å². The highest BCUT2D eigenvalue weighted by atomic mass is 32.1. The molecule has 3 heterocycles. The molecule has 108 valence electrons. The van der Waals surface area contributed by atoms with Gasteiger partial charge in [-0.05, 0) is 25.5 Å². The molecule has 0 spiro atoms. The number of nitrogens with zero attached hydrogens (tertiary/aromatic N) is 3. The molecule has 1 N–H and O–H groups in total. The van der Waals surface area contributed by atoms with Crippen molar-refractivity contribution in [1.29, 1.82) is 0 Å². The average Bonchev–Trinajstić information content (AvgIpc) is 3.04. The Labute approximate surface area is 126 Å². The van der Waals surface area contributed by atoms with E-state index in [-0.39, 0.29) is 5.91 Å². The summed E-state index contributed by atoms with van der Waals surface area (Å²) in [5.41, 5.74) is 3.84. The Morgan fingerprint density at radius 3 is 3.05 bits per heavy atom. The molecule has 3 aromatic heterocycles. The van der Waals surface area contributed by atoms with Crippen LogP contribution in [0.5, 0.6) is 0 Å². The second-order valence-electron chi connectivity index (χ2n) is 4.95. The molecule has 0 saturated carbocycles. The molecule has 3 aromatic rings. The number of carbonyl (C=O) groups excluding carboxylic acids is 1. The van der Waals surface area contributed by atoms with Gasteiger partial charge in [-0.1, -0.05) is 6.07 Å². The van der Waals surface area contributed by atoms with Gasteiger partial charge in [0.25, 0.3) is 0 Å². The van der Waals surface area contributed by atoms with Gasteiger partial charge in [0.1, 0.15) is 5.65 Å². The summed E-state index contributed by atoms with van der Waals surface area (Å²) >= 11 is 1.56. The van der Waals surface area contributed by atoms with Crippen molar-refractivity contribution in [2.24, 2.45) is 0 Å². The van der Waals surface area contributed by atoms with Crippen LogP contribution in [0.25, 0.3) is 5.65 Å². The van der Waals surface area contributed by atoms with Crippen LogP contribution in [0, 0.1) is 13.8 Å². The molecule has 0 atom stereocenters. The van der Waals surface area contributed by atoms with E-state index in [4.69, 9.17) is 0 Å². The molecular weight excluding hydrogens is 284 g/mol. The van der Waals surface area contributed by atoms with Crippen molar-refractivity contribution in [3.05, 3.63) is 51.9 Å². The lowest BCUT2D eigenvalue weighted by Crippen LogP contribution is -2.25. The number of hydrogen-bond donors (Lipinski definition) is 1. The maximum absolute atomic E-state index is 11.9. The first-order valence-electron chi connectivity index (χ1n) is 6.73. The van der Waals surface area contributed by atoms with Crippen molar-refractivity contribution in [2.75, 3.05) is 0 Å². The number of carbonyl (C=O) groups is 1. The Morgan fingerprint density at radius 2 is 2.29 bits per heavy atom. The van der Waals surface area contributed by atoms with Gasteiger partial charge in [-0.3, -0.25) is 4.79 Å². The summed E-state index contributed by atoms with van der Waals surface area (Å²) in [5.74, 6) is -0.0251. The number of nitrogens with one attached hydrogen (secondary N) is 1. The lowest BCUT2D eigenvalue weighted by Gasteiger charge is -2.05. The van der Waals surface area contributed by atoms with Crippen molar-refractivity contribution < 1.29 is 4.79 Å². The first-order valence-corrected chi connectivity index (χ1v) is 7.60. The molecule has 0 fully saturated rings. The summed E-state index contributed by atoms with van der Waals surface area (Å²) in [4.78, 5) is 20.6. The second-order valence-corrected chi connectivity index (χ2v) is 6.01. The van der Waals surface area contributed by atoms with Crippen LogP contribution >= 0.6 is 11.3 Å². The summed E-state index contributed by atoms with van der Waals surface area (Å²) in [5, 5.41) is 5.82. The minimum atomic E-state index is -0.0251. The lowest BCUT2D eigenvalue weighted by molar-refractivity contribution is -0.120. The van der Waals surface area contributed by atoms with Crippen molar-refractivity contribution in [3.63, 3.8) is 0 Å². The quantitative estimate of drug-likeness (QED) is 0.804. The zero-order valence-electron chi connectivity index (χ0n) is 12.0. The molecule has 0 aromatic carbocycles. The summed E-state index contributed by atoms with van der Waals surface area (Å²) in [6, 6.07) is 4.00. The zero-order chi connectivity index (χ0) is 14.8. The highest BCUT2D eigenvalue weighted by molar-refractivity contribution is 7.09. The van der Waals surface area contributed by atoms with Crippen LogP contribution in [0.4, 0.5) is 0 Å². The molecular formula is C15H16N4OS. The molecule has 0 bridgehead atoms. The van der Waals surface area contributed by atoms with Crippen LogP contribution in [0.3, 0.4) is 0 Å². The Hall–Kier alpha value is -2.21. The molecule has 5 nitrogen and oxygen atoms in total. The normalized spacial score (nSPS) is 11.0. The van der Waals surface area contributed by atoms with Crippen molar-refractivity contribution in [3.8, 4) is 0 Å². The number of pyridine rings is 1. The van der Waals surface area contributed by atoms with E-state index in [9.17, 15) is 4.79 Å². The highest BCUT2D eigenvalue weighted by Gasteiger charge is 2.09. The average molecular weight is 300 g/mol. The van der Waals surface area contributed by atoms with E-state index in [2.05, 4.69) is 15.3 Å². The monoisotopic (exact) mass is 300 g/mol. The molecule has 0 radical (unpaired) electrons. The first-order chi connectivity index (χ1) is 10.1. The third-order valence-corrected chi connectivity index (χ3v) is 4.10. The van der Waals surface area contributed by atoms with E-state index < -0.39 is 0 Å². The molecule has 6 heteroatoms. The molecule has 0 unspecified atom stereocenters. The Kier molecular flexibility index (Phi) is 3.70. The smallest absolute Gasteiger partial charge is 0.226 e. The fourth-order valence-electron chi connectivity index (χ4n) is 2.24. The SMILES string of the molecule is Cc1nc(CC(=O)NCc2cnc3c(C)cccn23)cs1. The van der Waals surface area contributed by atoms with E-state index in [1.54, 1.807) is 17.5 Å². The summed E-state index contributed by atoms with van der Waals surface area (Å²) in [6.45, 7) is 4.43. The minimum absolute atomic E-state index is 0.0251. The van der Waals surface area contributed by atoms with Gasteiger partial charge in [0.15, 0.2) is 0 Å². The van der Waals surface area contributed by atoms with Crippen LogP contribution < -0.4 is 5.32 Å². The fourth-order valence-corrected chi connectivity index (χ4v) is 2.85. The third-order valence-electron chi connectivity index (χ3n) is 3.28. The van der Waals surface area contributed by atoms with Crippen molar-refractivity contribution in [2.45, 2.75) is 26.8 Å². The Morgan fingerprint density at radius 1 is 1.43 bits per heavy atom. The predicted molar refractivity (Wildman–Crippen MR) is 82.3 cm³/mol. The number of imidazole rings is 1. The van der Waals surface area contributed by atoms with Gasteiger partial charge in [0.2, 0.25) is 5.91 Å². The number of amides is 1. The number of fused-ring (bicyclic) bond motifs is 1. The molecule has 0 aliphatic carbocycles. The van der Waals surface area contributed by atoms with Gasteiger partial charge in [-0.15, -0.1) is 11.3 Å². The van der Waals surface area contributed by atoms with E-state index in [0.29, 0.717) is 13.0 Å². The number of hydrogen-bond acceptors (Lipinski definition) is 4. The summed E-state index contributed by atoms with van der Waals surface area (Å²) in [7, 11) is 0. The van der Waals surface area contributed by atoms with Crippen LogP contribution in [0.15, 0.2) is 29.9 Å². The number of thiazole rings is 1. The van der Waals surface area contributed by atoms with E-state index >= 15 is 0 Å². The second kappa shape index (κ2) is 5.65. The maximum Gasteiger partial charge on any atom is 0.226 e. The molecule has 3 rings (SSSR count). The molecule has 21 heavy (non-hydrogen) atoms. The number of aryl methyl sites for hydroxylation is 2. The summed E-state index contributed by atoms with van der Waals surface area (Å²) < 4.78 is 2.00. The standard InChI is InChI=1S/C15H16N4OS/c1-10-4-3-5-19-13(8-17-15(10)19)7-16-14(20)6-12-9-21-11(2)18-12/h3-5,8-9H,6-7H2,1-2H3,(H,16,20). The molecule has 0 aliphatic heterocycles. The van der Waals surface area contributed by atoms with Crippen LogP contribution in [0.2, 0.25) is 0 Å². The Balaban J connectivity index is 1.66. The van der Waals surface area contributed by atoms with Crippen LogP contribution in [-0.4, -0.2) is 20.3 Å². The van der Waals surface area contributed by atoms with Gasteiger partial charge in [0.05, 0.1) is 35.6 Å². The highest BCUT2D eigenvalue weighted by Crippen LogP contribution is 2.11. The van der Waals surface area contributed by atoms with Crippen molar-refractivity contribution >= 4 is 22.9 Å². The number of aromatic nitrogens is 3. The zero-order valence-corrected chi connectivity index (χ0v) is 12.8. The van der Waals surface area contributed by atoms with Crippen LogP contribution in [-0.2, 0) is 17.8 Å². The van der Waals surface area contributed by atoms with Gasteiger partial charge in [-0.25, -0.2) is 9.97 Å². The third kappa shape index (κ3) is 2.95. The van der Waals surface area contributed by atoms with Gasteiger partial charge >= 0.3 is 0 Å². The van der Waals surface area contributed by atoms with Gasteiger partial charge < -0.3 is 9.72 Å². The van der Waals surface area contributed by atoms with Gasteiger partial charge in [0, 0.05) is 11.6 Å². The van der Waals surface area contributed by atoms with Crippen LogP contribution in [0.1, 0.15) is 22.0 Å². The first kappa shape index (κ1) is 13.8. The van der Waals surface area contributed by atoms with E-state index in [1.807, 2.05) is 42.0 Å².